The predicted molar refractivity (Wildman–Crippen MR) is 103 cm³/mol. The normalized spacial score (nSPS) is 21.6. The summed E-state index contributed by atoms with van der Waals surface area (Å²) in [5, 5.41) is 3.91. The number of nitrogens with zero attached hydrogens (tertiary/aromatic N) is 2. The summed E-state index contributed by atoms with van der Waals surface area (Å²) in [5.74, 6) is 0.636. The van der Waals surface area contributed by atoms with Gasteiger partial charge in [-0.05, 0) is 49.3 Å². The van der Waals surface area contributed by atoms with E-state index in [4.69, 9.17) is 21.7 Å². The van der Waals surface area contributed by atoms with Gasteiger partial charge in [-0.1, -0.05) is 0 Å². The van der Waals surface area contributed by atoms with Crippen molar-refractivity contribution in [3.8, 4) is 5.75 Å². The molecule has 144 valence electrons. The first-order chi connectivity index (χ1) is 12.5. The van der Waals surface area contributed by atoms with Crippen molar-refractivity contribution >= 4 is 27.4 Å². The molecule has 0 bridgehead atoms. The average molecular weight is 400 g/mol. The van der Waals surface area contributed by atoms with E-state index in [-0.39, 0.29) is 11.0 Å². The lowest BCUT2D eigenvalue weighted by atomic mass is 10.2. The number of hydrogen-bond acceptors (Lipinski definition) is 5. The number of hydrogen-bond donors (Lipinski definition) is 1. The van der Waals surface area contributed by atoms with E-state index in [1.807, 2.05) is 4.90 Å². The van der Waals surface area contributed by atoms with Crippen LogP contribution in [0, 0.1) is 0 Å². The van der Waals surface area contributed by atoms with Crippen molar-refractivity contribution in [3.05, 3.63) is 24.3 Å². The molecule has 2 aliphatic heterocycles. The largest absolute Gasteiger partial charge is 0.497 e. The molecule has 0 radical (unpaired) electrons. The Hall–Kier alpha value is -1.42. The Bertz CT molecular complexity index is 710. The minimum atomic E-state index is -3.49. The second-order valence-corrected chi connectivity index (χ2v) is 8.71. The van der Waals surface area contributed by atoms with Crippen LogP contribution >= 0.6 is 12.2 Å². The lowest BCUT2D eigenvalue weighted by Crippen LogP contribution is -2.53. The minimum Gasteiger partial charge on any atom is -0.497 e. The molecule has 0 aromatic heterocycles. The first kappa shape index (κ1) is 19.3. The summed E-state index contributed by atoms with van der Waals surface area (Å²) in [7, 11) is -1.94. The maximum absolute atomic E-state index is 12.8. The molecule has 1 aromatic rings. The summed E-state index contributed by atoms with van der Waals surface area (Å²) in [6, 6.07) is 6.48. The van der Waals surface area contributed by atoms with E-state index in [1.165, 1.54) is 4.31 Å². The summed E-state index contributed by atoms with van der Waals surface area (Å²) in [4.78, 5) is 2.30. The van der Waals surface area contributed by atoms with Gasteiger partial charge in [-0.3, -0.25) is 0 Å². The van der Waals surface area contributed by atoms with E-state index in [0.717, 1.165) is 19.4 Å². The molecule has 2 heterocycles. The predicted octanol–water partition coefficient (Wildman–Crippen LogP) is 1.06. The van der Waals surface area contributed by atoms with Gasteiger partial charge in [0.1, 0.15) is 5.75 Å². The van der Waals surface area contributed by atoms with Crippen LogP contribution in [-0.4, -0.2) is 75.3 Å². The van der Waals surface area contributed by atoms with Crippen molar-refractivity contribution in [3.63, 3.8) is 0 Å². The molecule has 0 saturated carbocycles. The van der Waals surface area contributed by atoms with Crippen LogP contribution in [0.15, 0.2) is 29.2 Å². The SMILES string of the molecule is COc1ccc(S(=O)(=O)N2CCN(C(=S)NC[C@H]3CCCO3)CC2)cc1. The zero-order chi connectivity index (χ0) is 18.6. The van der Waals surface area contributed by atoms with E-state index in [1.54, 1.807) is 31.4 Å². The number of benzene rings is 1. The average Bonchev–Trinajstić information content (AvgIpc) is 3.20. The fourth-order valence-electron chi connectivity index (χ4n) is 3.15. The highest BCUT2D eigenvalue weighted by atomic mass is 32.2. The number of ether oxygens (including phenoxy) is 2. The van der Waals surface area contributed by atoms with Gasteiger partial charge in [0, 0.05) is 39.3 Å². The van der Waals surface area contributed by atoms with Crippen LogP contribution in [0.5, 0.6) is 5.75 Å². The first-order valence-electron chi connectivity index (χ1n) is 8.79. The monoisotopic (exact) mass is 399 g/mol. The van der Waals surface area contributed by atoms with Gasteiger partial charge in [-0.15, -0.1) is 0 Å². The maximum atomic E-state index is 12.8. The molecule has 2 aliphatic rings. The van der Waals surface area contributed by atoms with Gasteiger partial charge in [0.25, 0.3) is 0 Å². The highest BCUT2D eigenvalue weighted by Crippen LogP contribution is 2.20. The van der Waals surface area contributed by atoms with Crippen LogP contribution in [0.1, 0.15) is 12.8 Å². The smallest absolute Gasteiger partial charge is 0.243 e. The summed E-state index contributed by atoms with van der Waals surface area (Å²) in [5.41, 5.74) is 0. The molecular formula is C17H25N3O4S2. The molecule has 0 aliphatic carbocycles. The fraction of sp³-hybridized carbons (Fsp3) is 0.588. The fourth-order valence-corrected chi connectivity index (χ4v) is 4.83. The Balaban J connectivity index is 1.52. The van der Waals surface area contributed by atoms with Gasteiger partial charge in [0.15, 0.2) is 5.11 Å². The number of sulfonamides is 1. The van der Waals surface area contributed by atoms with Crippen molar-refractivity contribution in [2.45, 2.75) is 23.8 Å². The molecule has 7 nitrogen and oxygen atoms in total. The Morgan fingerprint density at radius 3 is 2.54 bits per heavy atom. The van der Waals surface area contributed by atoms with Crippen molar-refractivity contribution in [1.29, 1.82) is 0 Å². The molecule has 2 fully saturated rings. The molecule has 0 amide bonds. The zero-order valence-electron chi connectivity index (χ0n) is 14.9. The van der Waals surface area contributed by atoms with E-state index >= 15 is 0 Å². The first-order valence-corrected chi connectivity index (χ1v) is 10.6. The number of rotatable bonds is 5. The number of methoxy groups -OCH3 is 1. The van der Waals surface area contributed by atoms with Gasteiger partial charge < -0.3 is 19.7 Å². The molecule has 1 aromatic carbocycles. The molecule has 9 heteroatoms. The van der Waals surface area contributed by atoms with Gasteiger partial charge in [-0.25, -0.2) is 8.42 Å². The maximum Gasteiger partial charge on any atom is 0.243 e. The standard InChI is InChI=1S/C17H25N3O4S2/c1-23-14-4-6-16(7-5-14)26(21,22)20-10-8-19(9-11-20)17(25)18-13-15-3-2-12-24-15/h4-7,15H,2-3,8-13H2,1H3,(H,18,25)/t15-/m1/s1. The molecule has 2 saturated heterocycles. The molecular weight excluding hydrogens is 374 g/mol. The van der Waals surface area contributed by atoms with Crippen LogP contribution in [0.2, 0.25) is 0 Å². The second-order valence-electron chi connectivity index (χ2n) is 6.39. The van der Waals surface area contributed by atoms with Crippen molar-refractivity contribution in [2.75, 3.05) is 46.4 Å². The Kier molecular flexibility index (Phi) is 6.33. The van der Waals surface area contributed by atoms with Gasteiger partial charge in [-0.2, -0.15) is 4.31 Å². The van der Waals surface area contributed by atoms with Crippen LogP contribution in [0.3, 0.4) is 0 Å². The summed E-state index contributed by atoms with van der Waals surface area (Å²) in [6.07, 6.45) is 2.38. The Morgan fingerprint density at radius 1 is 1.27 bits per heavy atom. The van der Waals surface area contributed by atoms with E-state index in [2.05, 4.69) is 5.32 Å². The number of thiocarbonyl (C=S) groups is 1. The van der Waals surface area contributed by atoms with Crippen molar-refractivity contribution in [1.82, 2.24) is 14.5 Å². The third-order valence-electron chi connectivity index (χ3n) is 4.73. The van der Waals surface area contributed by atoms with Crippen LogP contribution in [-0.2, 0) is 14.8 Å². The molecule has 26 heavy (non-hydrogen) atoms. The summed E-state index contributed by atoms with van der Waals surface area (Å²) < 4.78 is 37.7. The summed E-state index contributed by atoms with van der Waals surface area (Å²) >= 11 is 5.44. The second kappa shape index (κ2) is 8.51. The Morgan fingerprint density at radius 2 is 1.96 bits per heavy atom. The molecule has 3 rings (SSSR count). The lowest BCUT2D eigenvalue weighted by Gasteiger charge is -2.35. The highest BCUT2D eigenvalue weighted by Gasteiger charge is 2.29. The van der Waals surface area contributed by atoms with Crippen LogP contribution < -0.4 is 10.1 Å². The van der Waals surface area contributed by atoms with Crippen molar-refractivity contribution in [2.24, 2.45) is 0 Å². The van der Waals surface area contributed by atoms with E-state index < -0.39 is 10.0 Å². The minimum absolute atomic E-state index is 0.227. The third-order valence-corrected chi connectivity index (χ3v) is 7.04. The van der Waals surface area contributed by atoms with E-state index in [0.29, 0.717) is 43.6 Å². The molecule has 0 spiro atoms. The van der Waals surface area contributed by atoms with Crippen LogP contribution in [0.4, 0.5) is 0 Å². The third kappa shape index (κ3) is 4.46. The Labute approximate surface area is 160 Å². The summed E-state index contributed by atoms with van der Waals surface area (Å²) in [6.45, 7) is 3.51. The molecule has 0 unspecified atom stereocenters. The molecule has 1 atom stereocenters. The highest BCUT2D eigenvalue weighted by molar-refractivity contribution is 7.89. The van der Waals surface area contributed by atoms with Gasteiger partial charge in [0.05, 0.1) is 18.1 Å². The lowest BCUT2D eigenvalue weighted by molar-refractivity contribution is 0.113. The number of nitrogens with one attached hydrogen (secondary N) is 1. The zero-order valence-corrected chi connectivity index (χ0v) is 16.5. The van der Waals surface area contributed by atoms with E-state index in [9.17, 15) is 8.42 Å². The van der Waals surface area contributed by atoms with Crippen molar-refractivity contribution < 1.29 is 17.9 Å². The number of piperazine rings is 1. The quantitative estimate of drug-likeness (QED) is 0.742. The van der Waals surface area contributed by atoms with Gasteiger partial charge >= 0.3 is 0 Å². The van der Waals surface area contributed by atoms with Crippen LogP contribution in [0.25, 0.3) is 0 Å². The van der Waals surface area contributed by atoms with Gasteiger partial charge in [0.2, 0.25) is 10.0 Å². The molecule has 1 N–H and O–H groups in total. The topological polar surface area (TPSA) is 71.1 Å².